The van der Waals surface area contributed by atoms with Gasteiger partial charge in [-0.05, 0) is 42.0 Å². The summed E-state index contributed by atoms with van der Waals surface area (Å²) in [5.41, 5.74) is 2.84. The van der Waals surface area contributed by atoms with Crippen LogP contribution in [0.1, 0.15) is 35.9 Å². The van der Waals surface area contributed by atoms with Gasteiger partial charge in [-0.2, -0.15) is 0 Å². The molecule has 120 valence electrons. The lowest BCUT2D eigenvalue weighted by molar-refractivity contribution is 0.418. The second kappa shape index (κ2) is 6.88. The standard InChI is InChI=1S/C22H22N2/c1-3-9-18(10-4-1)20-14-16-24(22-13-7-8-15-23-22)21(17-20)19-11-5-2-6-12-19/h1-13,15,20-21H,14,16-17H2. The number of anilines is 1. The zero-order chi connectivity index (χ0) is 16.2. The molecule has 1 aliphatic rings. The highest BCUT2D eigenvalue weighted by Crippen LogP contribution is 2.40. The Bertz CT molecular complexity index is 756. The zero-order valence-corrected chi connectivity index (χ0v) is 13.8. The van der Waals surface area contributed by atoms with Gasteiger partial charge in [-0.1, -0.05) is 66.7 Å². The van der Waals surface area contributed by atoms with Crippen molar-refractivity contribution in [3.8, 4) is 0 Å². The van der Waals surface area contributed by atoms with Crippen molar-refractivity contribution in [3.05, 3.63) is 96.2 Å². The Morgan fingerprint density at radius 2 is 1.42 bits per heavy atom. The minimum absolute atomic E-state index is 0.375. The Kier molecular flexibility index (Phi) is 4.28. The summed E-state index contributed by atoms with van der Waals surface area (Å²) in [6.45, 7) is 1.04. The van der Waals surface area contributed by atoms with Crippen molar-refractivity contribution in [3.63, 3.8) is 0 Å². The van der Waals surface area contributed by atoms with Crippen LogP contribution in [0.25, 0.3) is 0 Å². The summed E-state index contributed by atoms with van der Waals surface area (Å²) in [5.74, 6) is 1.69. The van der Waals surface area contributed by atoms with E-state index in [4.69, 9.17) is 0 Å². The van der Waals surface area contributed by atoms with E-state index < -0.39 is 0 Å². The predicted molar refractivity (Wildman–Crippen MR) is 99.2 cm³/mol. The highest BCUT2D eigenvalue weighted by molar-refractivity contribution is 5.44. The molecular weight excluding hydrogens is 292 g/mol. The second-order valence-corrected chi connectivity index (χ2v) is 6.44. The Labute approximate surface area is 143 Å². The molecule has 2 unspecified atom stereocenters. The molecule has 0 saturated carbocycles. The molecule has 0 spiro atoms. The van der Waals surface area contributed by atoms with Gasteiger partial charge in [0.2, 0.25) is 0 Å². The molecular formula is C22H22N2. The van der Waals surface area contributed by atoms with Crippen LogP contribution >= 0.6 is 0 Å². The SMILES string of the molecule is c1ccc(C2CCN(c3ccccn3)C(c3ccccc3)C2)cc1. The van der Waals surface area contributed by atoms with E-state index in [-0.39, 0.29) is 0 Å². The zero-order valence-electron chi connectivity index (χ0n) is 13.8. The molecule has 4 rings (SSSR count). The van der Waals surface area contributed by atoms with Crippen LogP contribution in [-0.4, -0.2) is 11.5 Å². The number of benzene rings is 2. The van der Waals surface area contributed by atoms with Gasteiger partial charge in [0.25, 0.3) is 0 Å². The van der Waals surface area contributed by atoms with E-state index in [1.54, 1.807) is 0 Å². The van der Waals surface area contributed by atoms with E-state index in [9.17, 15) is 0 Å². The van der Waals surface area contributed by atoms with Gasteiger partial charge in [-0.15, -0.1) is 0 Å². The molecule has 2 heterocycles. The molecule has 0 aliphatic carbocycles. The topological polar surface area (TPSA) is 16.1 Å². The number of piperidine rings is 1. The van der Waals surface area contributed by atoms with Crippen LogP contribution in [0.4, 0.5) is 5.82 Å². The van der Waals surface area contributed by atoms with Crippen molar-refractivity contribution >= 4 is 5.82 Å². The molecule has 1 fully saturated rings. The predicted octanol–water partition coefficient (Wildman–Crippen LogP) is 5.21. The van der Waals surface area contributed by atoms with Gasteiger partial charge < -0.3 is 4.90 Å². The fourth-order valence-corrected chi connectivity index (χ4v) is 3.78. The van der Waals surface area contributed by atoms with Gasteiger partial charge in [-0.3, -0.25) is 0 Å². The van der Waals surface area contributed by atoms with Crippen molar-refractivity contribution in [1.82, 2.24) is 4.98 Å². The van der Waals surface area contributed by atoms with Gasteiger partial charge in [0.15, 0.2) is 0 Å². The van der Waals surface area contributed by atoms with E-state index in [1.165, 1.54) is 17.5 Å². The molecule has 0 radical (unpaired) electrons. The Hall–Kier alpha value is -2.61. The van der Waals surface area contributed by atoms with E-state index in [1.807, 2.05) is 12.3 Å². The van der Waals surface area contributed by atoms with Crippen LogP contribution in [-0.2, 0) is 0 Å². The Morgan fingerprint density at radius 1 is 0.750 bits per heavy atom. The highest BCUT2D eigenvalue weighted by Gasteiger charge is 2.30. The van der Waals surface area contributed by atoms with Crippen LogP contribution in [0.15, 0.2) is 85.1 Å². The fraction of sp³-hybridized carbons (Fsp3) is 0.227. The monoisotopic (exact) mass is 314 g/mol. The average molecular weight is 314 g/mol. The second-order valence-electron chi connectivity index (χ2n) is 6.44. The summed E-state index contributed by atoms with van der Waals surface area (Å²) in [6.07, 6.45) is 4.19. The largest absolute Gasteiger partial charge is 0.350 e. The quantitative estimate of drug-likeness (QED) is 0.660. The lowest BCUT2D eigenvalue weighted by Crippen LogP contribution is -2.36. The number of rotatable bonds is 3. The Balaban J connectivity index is 1.67. The molecule has 3 aromatic rings. The van der Waals surface area contributed by atoms with Crippen molar-refractivity contribution in [2.45, 2.75) is 24.8 Å². The van der Waals surface area contributed by atoms with Gasteiger partial charge in [0.05, 0.1) is 6.04 Å². The average Bonchev–Trinajstić information content (AvgIpc) is 2.69. The summed E-state index contributed by atoms with van der Waals surface area (Å²) >= 11 is 0. The number of nitrogens with zero attached hydrogens (tertiary/aromatic N) is 2. The van der Waals surface area contributed by atoms with Gasteiger partial charge in [-0.25, -0.2) is 4.98 Å². The number of hydrogen-bond acceptors (Lipinski definition) is 2. The third kappa shape index (κ3) is 3.05. The third-order valence-corrected chi connectivity index (χ3v) is 5.00. The first-order valence-corrected chi connectivity index (χ1v) is 8.69. The fourth-order valence-electron chi connectivity index (χ4n) is 3.78. The maximum atomic E-state index is 4.60. The van der Waals surface area contributed by atoms with Crippen LogP contribution in [0.5, 0.6) is 0 Å². The molecule has 1 saturated heterocycles. The molecule has 0 bridgehead atoms. The van der Waals surface area contributed by atoms with E-state index in [0.29, 0.717) is 12.0 Å². The number of aromatic nitrogens is 1. The minimum Gasteiger partial charge on any atom is -0.350 e. The number of pyridine rings is 1. The van der Waals surface area contributed by atoms with Gasteiger partial charge in [0, 0.05) is 12.7 Å². The normalized spacial score (nSPS) is 20.8. The summed E-state index contributed by atoms with van der Waals surface area (Å²) in [4.78, 5) is 7.07. The Morgan fingerprint density at radius 3 is 2.08 bits per heavy atom. The molecule has 24 heavy (non-hydrogen) atoms. The third-order valence-electron chi connectivity index (χ3n) is 5.00. The summed E-state index contributed by atoms with van der Waals surface area (Å²) < 4.78 is 0. The van der Waals surface area contributed by atoms with Crippen LogP contribution in [0.3, 0.4) is 0 Å². The lowest BCUT2D eigenvalue weighted by atomic mass is 9.83. The summed E-state index contributed by atoms with van der Waals surface area (Å²) in [7, 11) is 0. The maximum Gasteiger partial charge on any atom is 0.128 e. The molecule has 2 nitrogen and oxygen atoms in total. The van der Waals surface area contributed by atoms with Crippen LogP contribution in [0.2, 0.25) is 0 Å². The smallest absolute Gasteiger partial charge is 0.128 e. The minimum atomic E-state index is 0.375. The van der Waals surface area contributed by atoms with Crippen molar-refractivity contribution in [2.24, 2.45) is 0 Å². The van der Waals surface area contributed by atoms with Crippen molar-refractivity contribution in [1.29, 1.82) is 0 Å². The molecule has 2 atom stereocenters. The van der Waals surface area contributed by atoms with E-state index in [0.717, 1.165) is 18.8 Å². The molecule has 0 N–H and O–H groups in total. The number of hydrogen-bond donors (Lipinski definition) is 0. The molecule has 1 aromatic heterocycles. The summed E-state index contributed by atoms with van der Waals surface area (Å²) in [5, 5.41) is 0. The first kappa shape index (κ1) is 14.9. The van der Waals surface area contributed by atoms with E-state index >= 15 is 0 Å². The summed E-state index contributed by atoms with van der Waals surface area (Å²) in [6, 6.07) is 28.3. The maximum absolute atomic E-state index is 4.60. The molecule has 0 amide bonds. The van der Waals surface area contributed by atoms with Crippen molar-refractivity contribution < 1.29 is 0 Å². The lowest BCUT2D eigenvalue weighted by Gasteiger charge is -2.41. The molecule has 2 aromatic carbocycles. The first-order valence-electron chi connectivity index (χ1n) is 8.69. The van der Waals surface area contributed by atoms with Gasteiger partial charge >= 0.3 is 0 Å². The molecule has 2 heteroatoms. The molecule has 1 aliphatic heterocycles. The first-order chi connectivity index (χ1) is 11.9. The highest BCUT2D eigenvalue weighted by atomic mass is 15.2. The van der Waals surface area contributed by atoms with Crippen LogP contribution in [0, 0.1) is 0 Å². The van der Waals surface area contributed by atoms with E-state index in [2.05, 4.69) is 82.7 Å². The van der Waals surface area contributed by atoms with Gasteiger partial charge in [0.1, 0.15) is 5.82 Å². The van der Waals surface area contributed by atoms with Crippen molar-refractivity contribution in [2.75, 3.05) is 11.4 Å². The van der Waals surface area contributed by atoms with Crippen LogP contribution < -0.4 is 4.90 Å².